The minimum atomic E-state index is 0.164. The highest BCUT2D eigenvalue weighted by atomic mass is 79.9. The summed E-state index contributed by atoms with van der Waals surface area (Å²) in [6.45, 7) is 3.09. The van der Waals surface area contributed by atoms with E-state index in [0.717, 1.165) is 35.0 Å². The molecular formula is C16H17BrCl2N2. The monoisotopic (exact) mass is 386 g/mol. The first-order valence-corrected chi connectivity index (χ1v) is 8.42. The molecule has 0 amide bonds. The van der Waals surface area contributed by atoms with Crippen molar-refractivity contribution in [2.75, 3.05) is 6.54 Å². The summed E-state index contributed by atoms with van der Waals surface area (Å²) in [6.07, 6.45) is 5.58. The van der Waals surface area contributed by atoms with Gasteiger partial charge in [0.25, 0.3) is 0 Å². The third-order valence-corrected chi connectivity index (χ3v) is 4.00. The molecule has 0 saturated heterocycles. The van der Waals surface area contributed by atoms with Crippen molar-refractivity contribution in [3.63, 3.8) is 0 Å². The zero-order valence-electron chi connectivity index (χ0n) is 11.7. The van der Waals surface area contributed by atoms with Crippen LogP contribution in [-0.4, -0.2) is 11.5 Å². The van der Waals surface area contributed by atoms with E-state index in [4.69, 9.17) is 23.2 Å². The van der Waals surface area contributed by atoms with E-state index in [2.05, 4.69) is 39.2 Å². The third-order valence-electron chi connectivity index (χ3n) is 3.13. The summed E-state index contributed by atoms with van der Waals surface area (Å²) < 4.78 is 0.985. The van der Waals surface area contributed by atoms with Crippen molar-refractivity contribution in [3.05, 3.63) is 62.3 Å². The van der Waals surface area contributed by atoms with Crippen LogP contribution in [0.4, 0.5) is 0 Å². The molecular weight excluding hydrogens is 371 g/mol. The van der Waals surface area contributed by atoms with Gasteiger partial charge in [0.05, 0.1) is 0 Å². The predicted molar refractivity (Wildman–Crippen MR) is 93.1 cm³/mol. The van der Waals surface area contributed by atoms with Crippen molar-refractivity contribution in [2.24, 2.45) is 0 Å². The lowest BCUT2D eigenvalue weighted by atomic mass is 9.99. The Morgan fingerprint density at radius 3 is 2.48 bits per heavy atom. The zero-order chi connectivity index (χ0) is 15.2. The molecule has 1 heterocycles. The zero-order valence-corrected chi connectivity index (χ0v) is 14.8. The lowest BCUT2D eigenvalue weighted by Gasteiger charge is -2.20. The van der Waals surface area contributed by atoms with E-state index in [9.17, 15) is 0 Å². The number of aromatic nitrogens is 1. The van der Waals surface area contributed by atoms with Crippen LogP contribution in [-0.2, 0) is 6.42 Å². The van der Waals surface area contributed by atoms with Crippen LogP contribution in [0.15, 0.2) is 41.1 Å². The highest BCUT2D eigenvalue weighted by Crippen LogP contribution is 2.26. The molecule has 112 valence electrons. The molecule has 0 saturated carbocycles. The largest absolute Gasteiger partial charge is 0.310 e. The van der Waals surface area contributed by atoms with Gasteiger partial charge in [-0.25, -0.2) is 0 Å². The van der Waals surface area contributed by atoms with Gasteiger partial charge in [0, 0.05) is 33.0 Å². The highest BCUT2D eigenvalue weighted by molar-refractivity contribution is 9.10. The molecule has 0 radical (unpaired) electrons. The molecule has 0 aliphatic heterocycles. The van der Waals surface area contributed by atoms with Crippen molar-refractivity contribution in [1.29, 1.82) is 0 Å². The SMILES string of the molecule is CCCNC(Cc1cncc(Br)c1)c1cc(Cl)cc(Cl)c1. The summed E-state index contributed by atoms with van der Waals surface area (Å²) in [5.74, 6) is 0. The molecule has 2 nitrogen and oxygen atoms in total. The molecule has 1 atom stereocenters. The molecule has 5 heteroatoms. The summed E-state index contributed by atoms with van der Waals surface area (Å²) >= 11 is 15.7. The van der Waals surface area contributed by atoms with E-state index >= 15 is 0 Å². The van der Waals surface area contributed by atoms with Crippen LogP contribution in [0.3, 0.4) is 0 Å². The molecule has 2 rings (SSSR count). The number of hydrogen-bond donors (Lipinski definition) is 1. The number of halogens is 3. The summed E-state index contributed by atoms with van der Waals surface area (Å²) in [4.78, 5) is 4.22. The van der Waals surface area contributed by atoms with Crippen molar-refractivity contribution in [3.8, 4) is 0 Å². The third kappa shape index (κ3) is 5.26. The predicted octanol–water partition coefficient (Wildman–Crippen LogP) is 5.43. The maximum Gasteiger partial charge on any atom is 0.0424 e. The molecule has 1 N–H and O–H groups in total. The van der Waals surface area contributed by atoms with Crippen molar-refractivity contribution in [2.45, 2.75) is 25.8 Å². The molecule has 1 unspecified atom stereocenters. The van der Waals surface area contributed by atoms with Crippen LogP contribution in [0.2, 0.25) is 10.0 Å². The number of pyridine rings is 1. The van der Waals surface area contributed by atoms with Gasteiger partial charge in [-0.2, -0.15) is 0 Å². The summed E-state index contributed by atoms with van der Waals surface area (Å²) in [7, 11) is 0. The molecule has 1 aromatic carbocycles. The number of rotatable bonds is 6. The molecule has 2 aromatic rings. The first-order chi connectivity index (χ1) is 10.1. The fraction of sp³-hybridized carbons (Fsp3) is 0.312. The molecule has 0 bridgehead atoms. The maximum absolute atomic E-state index is 6.12. The molecule has 0 fully saturated rings. The minimum absolute atomic E-state index is 0.164. The lowest BCUT2D eigenvalue weighted by Crippen LogP contribution is -2.24. The first-order valence-electron chi connectivity index (χ1n) is 6.87. The fourth-order valence-electron chi connectivity index (χ4n) is 2.21. The fourth-order valence-corrected chi connectivity index (χ4v) is 3.16. The smallest absolute Gasteiger partial charge is 0.0424 e. The van der Waals surface area contributed by atoms with E-state index in [0.29, 0.717) is 10.0 Å². The summed E-state index contributed by atoms with van der Waals surface area (Å²) in [6, 6.07) is 7.93. The second-order valence-electron chi connectivity index (χ2n) is 4.93. The maximum atomic E-state index is 6.12. The standard InChI is InChI=1S/C16H17BrCl2N2/c1-2-3-21-16(5-11-4-13(17)10-20-9-11)12-6-14(18)8-15(19)7-12/h4,6-10,16,21H,2-3,5H2,1H3. The molecule has 0 spiro atoms. The second kappa shape index (κ2) is 8.14. The second-order valence-corrected chi connectivity index (χ2v) is 6.71. The highest BCUT2D eigenvalue weighted by Gasteiger charge is 2.13. The van der Waals surface area contributed by atoms with Gasteiger partial charge < -0.3 is 5.32 Å². The van der Waals surface area contributed by atoms with Gasteiger partial charge in [0.2, 0.25) is 0 Å². The van der Waals surface area contributed by atoms with Crippen LogP contribution in [0, 0.1) is 0 Å². The first kappa shape index (κ1) is 16.8. The van der Waals surface area contributed by atoms with Crippen LogP contribution in [0.5, 0.6) is 0 Å². The van der Waals surface area contributed by atoms with Gasteiger partial charge in [-0.15, -0.1) is 0 Å². The molecule has 0 aliphatic rings. The number of nitrogens with one attached hydrogen (secondary N) is 1. The van der Waals surface area contributed by atoms with Crippen LogP contribution < -0.4 is 5.32 Å². The van der Waals surface area contributed by atoms with E-state index in [1.54, 1.807) is 12.3 Å². The summed E-state index contributed by atoms with van der Waals surface area (Å²) in [5.41, 5.74) is 2.26. The van der Waals surface area contributed by atoms with E-state index in [1.165, 1.54) is 0 Å². The lowest BCUT2D eigenvalue weighted by molar-refractivity contribution is 0.528. The molecule has 0 aliphatic carbocycles. The van der Waals surface area contributed by atoms with E-state index < -0.39 is 0 Å². The Morgan fingerprint density at radius 2 is 1.86 bits per heavy atom. The Kier molecular flexibility index (Phi) is 6.49. The van der Waals surface area contributed by atoms with Gasteiger partial charge in [-0.3, -0.25) is 4.98 Å². The van der Waals surface area contributed by atoms with Gasteiger partial charge >= 0.3 is 0 Å². The Labute approximate surface area is 144 Å². The van der Waals surface area contributed by atoms with Crippen molar-refractivity contribution >= 4 is 39.1 Å². The Balaban J connectivity index is 2.25. The van der Waals surface area contributed by atoms with Gasteiger partial charge in [-0.05, 0) is 70.7 Å². The number of nitrogens with zero attached hydrogens (tertiary/aromatic N) is 1. The molecule has 21 heavy (non-hydrogen) atoms. The summed E-state index contributed by atoms with van der Waals surface area (Å²) in [5, 5.41) is 4.87. The average Bonchev–Trinajstić information content (AvgIpc) is 2.42. The van der Waals surface area contributed by atoms with Crippen LogP contribution >= 0.6 is 39.1 Å². The number of hydrogen-bond acceptors (Lipinski definition) is 2. The van der Waals surface area contributed by atoms with Crippen LogP contribution in [0.1, 0.15) is 30.5 Å². The Hall–Kier alpha value is -0.610. The minimum Gasteiger partial charge on any atom is -0.310 e. The molecule has 1 aromatic heterocycles. The number of benzene rings is 1. The van der Waals surface area contributed by atoms with E-state index in [1.807, 2.05) is 18.3 Å². The normalized spacial score (nSPS) is 12.4. The van der Waals surface area contributed by atoms with Crippen molar-refractivity contribution < 1.29 is 0 Å². The topological polar surface area (TPSA) is 24.9 Å². The van der Waals surface area contributed by atoms with Gasteiger partial charge in [0.15, 0.2) is 0 Å². The van der Waals surface area contributed by atoms with Crippen molar-refractivity contribution in [1.82, 2.24) is 10.3 Å². The quantitative estimate of drug-likeness (QED) is 0.714. The average molecular weight is 388 g/mol. The van der Waals surface area contributed by atoms with E-state index in [-0.39, 0.29) is 6.04 Å². The van der Waals surface area contributed by atoms with Gasteiger partial charge in [0.1, 0.15) is 0 Å². The van der Waals surface area contributed by atoms with Crippen LogP contribution in [0.25, 0.3) is 0 Å². The Morgan fingerprint density at radius 1 is 1.14 bits per heavy atom. The Bertz CT molecular complexity index is 584. The van der Waals surface area contributed by atoms with Gasteiger partial charge in [-0.1, -0.05) is 30.1 Å².